The van der Waals surface area contributed by atoms with Crippen LogP contribution in [0.4, 0.5) is 4.39 Å². The van der Waals surface area contributed by atoms with Gasteiger partial charge in [0.2, 0.25) is 11.8 Å². The minimum Gasteiger partial charge on any atom is -0.457 e. The third kappa shape index (κ3) is 3.57. The van der Waals surface area contributed by atoms with Gasteiger partial charge >= 0.3 is 0 Å². The van der Waals surface area contributed by atoms with Crippen molar-refractivity contribution >= 4 is 0 Å². The average Bonchev–Trinajstić information content (AvgIpc) is 2.50. The van der Waals surface area contributed by atoms with Crippen molar-refractivity contribution in [2.24, 2.45) is 0 Å². The van der Waals surface area contributed by atoms with Crippen LogP contribution >= 0.6 is 0 Å². The summed E-state index contributed by atoms with van der Waals surface area (Å²) >= 11 is 0. The second-order valence-electron chi connectivity index (χ2n) is 4.29. The number of nitrogens with zero attached hydrogens (tertiary/aromatic N) is 1. The Labute approximate surface area is 121 Å². The Morgan fingerprint density at radius 1 is 0.619 bits per heavy atom. The van der Waals surface area contributed by atoms with Crippen LogP contribution in [0.2, 0.25) is 0 Å². The van der Waals surface area contributed by atoms with Crippen LogP contribution < -0.4 is 9.47 Å². The molecule has 0 aliphatic carbocycles. The van der Waals surface area contributed by atoms with Crippen molar-refractivity contribution in [1.82, 2.24) is 4.98 Å². The van der Waals surface area contributed by atoms with Gasteiger partial charge in [-0.1, -0.05) is 24.3 Å². The summed E-state index contributed by atoms with van der Waals surface area (Å²) in [5.41, 5.74) is 0. The van der Waals surface area contributed by atoms with E-state index < -0.39 is 5.95 Å². The highest BCUT2D eigenvalue weighted by Gasteiger charge is 2.01. The number of pyridine rings is 1. The first kappa shape index (κ1) is 13.1. The Balaban J connectivity index is 1.69. The molecule has 0 saturated carbocycles. The van der Waals surface area contributed by atoms with Gasteiger partial charge in [0.1, 0.15) is 17.2 Å². The Hall–Kier alpha value is -2.88. The zero-order chi connectivity index (χ0) is 14.5. The van der Waals surface area contributed by atoms with Crippen LogP contribution in [0.3, 0.4) is 0 Å². The van der Waals surface area contributed by atoms with Gasteiger partial charge in [0, 0.05) is 6.07 Å². The largest absolute Gasteiger partial charge is 0.457 e. The molecule has 21 heavy (non-hydrogen) atoms. The smallest absolute Gasteiger partial charge is 0.221 e. The van der Waals surface area contributed by atoms with E-state index in [9.17, 15) is 4.39 Å². The maximum atomic E-state index is 13.0. The second-order valence-corrected chi connectivity index (χ2v) is 4.29. The number of rotatable bonds is 4. The normalized spacial score (nSPS) is 10.1. The Morgan fingerprint density at radius 3 is 1.90 bits per heavy atom. The van der Waals surface area contributed by atoms with Crippen LogP contribution in [-0.4, -0.2) is 4.98 Å². The summed E-state index contributed by atoms with van der Waals surface area (Å²) < 4.78 is 24.1. The lowest BCUT2D eigenvalue weighted by Crippen LogP contribution is -1.90. The highest BCUT2D eigenvalue weighted by molar-refractivity contribution is 5.36. The Morgan fingerprint density at radius 2 is 1.24 bits per heavy atom. The molecule has 1 aromatic heterocycles. The zero-order valence-corrected chi connectivity index (χ0v) is 11.1. The number of aromatic nitrogens is 1. The summed E-state index contributed by atoms with van der Waals surface area (Å²) in [6.07, 6.45) is 0. The molecule has 0 N–H and O–H groups in total. The number of ether oxygens (including phenoxy) is 2. The summed E-state index contributed by atoms with van der Waals surface area (Å²) in [5.74, 6) is 1.66. The quantitative estimate of drug-likeness (QED) is 0.643. The van der Waals surface area contributed by atoms with Crippen molar-refractivity contribution in [3.63, 3.8) is 0 Å². The van der Waals surface area contributed by atoms with Crippen molar-refractivity contribution in [2.75, 3.05) is 0 Å². The first-order valence-corrected chi connectivity index (χ1v) is 6.43. The molecule has 0 saturated heterocycles. The van der Waals surface area contributed by atoms with Gasteiger partial charge < -0.3 is 9.47 Å². The molecule has 0 radical (unpaired) electrons. The molecular formula is C17H12FNO2. The molecule has 3 nitrogen and oxygen atoms in total. The standard InChI is InChI=1S/C17H12FNO2/c18-16-7-4-8-17(19-16)21-15-11-9-14(10-12-15)20-13-5-2-1-3-6-13/h1-12H. The van der Waals surface area contributed by atoms with E-state index >= 15 is 0 Å². The molecular weight excluding hydrogens is 269 g/mol. The third-order valence-corrected chi connectivity index (χ3v) is 2.71. The van der Waals surface area contributed by atoms with Crippen molar-refractivity contribution in [3.8, 4) is 23.1 Å². The minimum absolute atomic E-state index is 0.215. The molecule has 1 heterocycles. The van der Waals surface area contributed by atoms with E-state index in [1.54, 1.807) is 36.4 Å². The summed E-state index contributed by atoms with van der Waals surface area (Å²) in [4.78, 5) is 3.64. The van der Waals surface area contributed by atoms with Gasteiger partial charge in [-0.2, -0.15) is 9.37 Å². The van der Waals surface area contributed by atoms with E-state index in [4.69, 9.17) is 9.47 Å². The maximum Gasteiger partial charge on any atom is 0.221 e. The van der Waals surface area contributed by atoms with Gasteiger partial charge in [0.15, 0.2) is 0 Å². The van der Waals surface area contributed by atoms with E-state index in [1.807, 2.05) is 30.3 Å². The molecule has 0 unspecified atom stereocenters. The number of hydrogen-bond acceptors (Lipinski definition) is 3. The summed E-state index contributed by atoms with van der Waals surface area (Å²) in [7, 11) is 0. The summed E-state index contributed by atoms with van der Waals surface area (Å²) in [5, 5.41) is 0. The van der Waals surface area contributed by atoms with Crippen LogP contribution in [0.15, 0.2) is 72.8 Å². The number of hydrogen-bond donors (Lipinski definition) is 0. The fourth-order valence-electron chi connectivity index (χ4n) is 1.77. The van der Waals surface area contributed by atoms with E-state index in [2.05, 4.69) is 4.98 Å². The van der Waals surface area contributed by atoms with Gasteiger partial charge in [-0.3, -0.25) is 0 Å². The molecule has 104 valence electrons. The molecule has 2 aromatic carbocycles. The minimum atomic E-state index is -0.573. The van der Waals surface area contributed by atoms with E-state index in [-0.39, 0.29) is 5.88 Å². The molecule has 3 aromatic rings. The average molecular weight is 281 g/mol. The fourth-order valence-corrected chi connectivity index (χ4v) is 1.77. The number of halogens is 1. The molecule has 3 rings (SSSR count). The number of para-hydroxylation sites is 1. The zero-order valence-electron chi connectivity index (χ0n) is 11.1. The van der Waals surface area contributed by atoms with Crippen LogP contribution in [0, 0.1) is 5.95 Å². The topological polar surface area (TPSA) is 31.4 Å². The van der Waals surface area contributed by atoms with Crippen molar-refractivity contribution in [3.05, 3.63) is 78.7 Å². The monoisotopic (exact) mass is 281 g/mol. The van der Waals surface area contributed by atoms with Crippen molar-refractivity contribution in [1.29, 1.82) is 0 Å². The lowest BCUT2D eigenvalue weighted by atomic mass is 10.3. The molecule has 4 heteroatoms. The van der Waals surface area contributed by atoms with Gasteiger partial charge in [0.25, 0.3) is 0 Å². The molecule has 0 amide bonds. The first-order chi connectivity index (χ1) is 10.3. The van der Waals surface area contributed by atoms with Gasteiger partial charge in [-0.25, -0.2) is 0 Å². The van der Waals surface area contributed by atoms with Crippen LogP contribution in [-0.2, 0) is 0 Å². The highest BCUT2D eigenvalue weighted by Crippen LogP contribution is 2.25. The molecule has 0 aliphatic rings. The fraction of sp³-hybridized carbons (Fsp3) is 0. The van der Waals surface area contributed by atoms with E-state index in [0.29, 0.717) is 11.5 Å². The predicted octanol–water partition coefficient (Wildman–Crippen LogP) is 4.81. The van der Waals surface area contributed by atoms with Crippen LogP contribution in [0.1, 0.15) is 0 Å². The number of benzene rings is 2. The molecule has 0 bridgehead atoms. The van der Waals surface area contributed by atoms with E-state index in [0.717, 1.165) is 5.75 Å². The van der Waals surface area contributed by atoms with Gasteiger partial charge in [-0.15, -0.1) is 0 Å². The molecule has 0 spiro atoms. The second kappa shape index (κ2) is 6.05. The Kier molecular flexibility index (Phi) is 3.78. The lowest BCUT2D eigenvalue weighted by molar-refractivity contribution is 0.442. The SMILES string of the molecule is Fc1cccc(Oc2ccc(Oc3ccccc3)cc2)n1. The lowest BCUT2D eigenvalue weighted by Gasteiger charge is -2.07. The Bertz CT molecular complexity index is 714. The van der Waals surface area contributed by atoms with Crippen LogP contribution in [0.5, 0.6) is 23.1 Å². The first-order valence-electron chi connectivity index (χ1n) is 6.43. The third-order valence-electron chi connectivity index (χ3n) is 2.71. The summed E-state index contributed by atoms with van der Waals surface area (Å²) in [6.45, 7) is 0. The van der Waals surface area contributed by atoms with Crippen molar-refractivity contribution < 1.29 is 13.9 Å². The molecule has 0 atom stereocenters. The maximum absolute atomic E-state index is 13.0. The highest BCUT2D eigenvalue weighted by atomic mass is 19.1. The van der Waals surface area contributed by atoms with Crippen LogP contribution in [0.25, 0.3) is 0 Å². The molecule has 0 aliphatic heterocycles. The summed E-state index contributed by atoms with van der Waals surface area (Å²) in [6, 6.07) is 20.9. The molecule has 0 fully saturated rings. The van der Waals surface area contributed by atoms with Gasteiger partial charge in [-0.05, 0) is 42.5 Å². The predicted molar refractivity (Wildman–Crippen MR) is 77.2 cm³/mol. The van der Waals surface area contributed by atoms with Gasteiger partial charge in [0.05, 0.1) is 0 Å². The van der Waals surface area contributed by atoms with Crippen molar-refractivity contribution in [2.45, 2.75) is 0 Å². The van der Waals surface area contributed by atoms with E-state index in [1.165, 1.54) is 6.07 Å².